The summed E-state index contributed by atoms with van der Waals surface area (Å²) >= 11 is 0. The molecular weight excluding hydrogens is 352 g/mol. The Kier molecular flexibility index (Phi) is 5.76. The summed E-state index contributed by atoms with van der Waals surface area (Å²) in [5, 5.41) is 0. The van der Waals surface area contributed by atoms with E-state index in [1.54, 1.807) is 7.11 Å². The summed E-state index contributed by atoms with van der Waals surface area (Å²) in [6.07, 6.45) is 4.23. The molecule has 1 amide bonds. The SMILES string of the molecule is COc1ccc(CN(C(=O)C[NH+]2CCN(c3cccc[nH+]3)CC2)C2CC2)cc1. The van der Waals surface area contributed by atoms with Crippen LogP contribution in [0.25, 0.3) is 0 Å². The zero-order valence-electron chi connectivity index (χ0n) is 16.6. The smallest absolute Gasteiger partial charge is 0.278 e. The van der Waals surface area contributed by atoms with E-state index in [9.17, 15) is 4.79 Å². The molecular formula is C22H30N4O2+2. The Labute approximate surface area is 166 Å². The molecule has 2 heterocycles. The van der Waals surface area contributed by atoms with Crippen molar-refractivity contribution in [2.24, 2.45) is 0 Å². The molecule has 0 radical (unpaired) electrons. The van der Waals surface area contributed by atoms with Crippen molar-refractivity contribution in [1.29, 1.82) is 0 Å². The molecule has 2 N–H and O–H groups in total. The third-order valence-electron chi connectivity index (χ3n) is 5.73. The average Bonchev–Trinajstić information content (AvgIpc) is 3.59. The molecule has 2 aromatic rings. The van der Waals surface area contributed by atoms with Crippen LogP contribution >= 0.6 is 0 Å². The minimum Gasteiger partial charge on any atom is -0.497 e. The van der Waals surface area contributed by atoms with Crippen LogP contribution in [0.2, 0.25) is 0 Å². The Bertz CT molecular complexity index is 769. The number of nitrogens with zero attached hydrogens (tertiary/aromatic N) is 2. The van der Waals surface area contributed by atoms with Crippen LogP contribution in [0.1, 0.15) is 18.4 Å². The number of pyridine rings is 1. The van der Waals surface area contributed by atoms with Gasteiger partial charge in [0, 0.05) is 18.7 Å². The molecule has 0 bridgehead atoms. The van der Waals surface area contributed by atoms with Crippen LogP contribution in [-0.4, -0.2) is 56.7 Å². The van der Waals surface area contributed by atoms with Gasteiger partial charge in [0.1, 0.15) is 31.9 Å². The summed E-state index contributed by atoms with van der Waals surface area (Å²) in [5.41, 5.74) is 1.17. The van der Waals surface area contributed by atoms with Gasteiger partial charge in [-0.25, -0.2) is 4.98 Å². The van der Waals surface area contributed by atoms with Crippen LogP contribution in [0.3, 0.4) is 0 Å². The first-order chi connectivity index (χ1) is 13.7. The Hall–Kier alpha value is -2.60. The molecule has 0 unspecified atom stereocenters. The lowest BCUT2D eigenvalue weighted by molar-refractivity contribution is -0.892. The zero-order valence-corrected chi connectivity index (χ0v) is 16.6. The number of hydrogen-bond donors (Lipinski definition) is 1. The van der Waals surface area contributed by atoms with Crippen LogP contribution in [0.4, 0.5) is 5.82 Å². The van der Waals surface area contributed by atoms with Gasteiger partial charge in [-0.05, 0) is 36.6 Å². The van der Waals surface area contributed by atoms with Gasteiger partial charge < -0.3 is 14.5 Å². The number of H-pyrrole nitrogens is 1. The monoisotopic (exact) mass is 382 g/mol. The van der Waals surface area contributed by atoms with Gasteiger partial charge in [-0.3, -0.25) is 9.69 Å². The van der Waals surface area contributed by atoms with Gasteiger partial charge in [0.15, 0.2) is 6.54 Å². The Morgan fingerprint density at radius 2 is 1.93 bits per heavy atom. The predicted octanol–water partition coefficient (Wildman–Crippen LogP) is 0.405. The third-order valence-corrected chi connectivity index (χ3v) is 5.73. The summed E-state index contributed by atoms with van der Waals surface area (Å²) in [5.74, 6) is 2.30. The number of piperazine rings is 1. The fourth-order valence-electron chi connectivity index (χ4n) is 3.87. The van der Waals surface area contributed by atoms with E-state index in [-0.39, 0.29) is 5.91 Å². The maximum atomic E-state index is 13.0. The molecule has 148 valence electrons. The highest BCUT2D eigenvalue weighted by molar-refractivity contribution is 5.77. The van der Waals surface area contributed by atoms with Crippen molar-refractivity contribution in [1.82, 2.24) is 4.90 Å². The summed E-state index contributed by atoms with van der Waals surface area (Å²) in [4.78, 5) is 22.2. The number of benzene rings is 1. The second-order valence-electron chi connectivity index (χ2n) is 7.76. The number of carbonyl (C=O) groups is 1. The Balaban J connectivity index is 1.31. The van der Waals surface area contributed by atoms with E-state index in [4.69, 9.17) is 4.74 Å². The van der Waals surface area contributed by atoms with Crippen molar-refractivity contribution in [3.8, 4) is 5.75 Å². The first-order valence-corrected chi connectivity index (χ1v) is 10.2. The maximum Gasteiger partial charge on any atom is 0.278 e. The number of quaternary nitrogens is 1. The molecule has 2 aliphatic rings. The number of hydrogen-bond acceptors (Lipinski definition) is 3. The lowest BCUT2D eigenvalue weighted by atomic mass is 10.2. The van der Waals surface area contributed by atoms with Crippen LogP contribution in [-0.2, 0) is 11.3 Å². The number of amides is 1. The highest BCUT2D eigenvalue weighted by Crippen LogP contribution is 2.28. The largest absolute Gasteiger partial charge is 0.497 e. The number of rotatable bonds is 7. The lowest BCUT2D eigenvalue weighted by Crippen LogP contribution is -3.16. The second-order valence-corrected chi connectivity index (χ2v) is 7.76. The van der Waals surface area contributed by atoms with Gasteiger partial charge >= 0.3 is 0 Å². The molecule has 1 aliphatic heterocycles. The summed E-state index contributed by atoms with van der Waals surface area (Å²) in [6.45, 7) is 5.24. The van der Waals surface area contributed by atoms with Gasteiger partial charge in [0.25, 0.3) is 11.7 Å². The number of aromatic amines is 1. The summed E-state index contributed by atoms with van der Waals surface area (Å²) < 4.78 is 5.23. The van der Waals surface area contributed by atoms with Crippen molar-refractivity contribution < 1.29 is 19.4 Å². The number of nitrogens with one attached hydrogen (secondary N) is 2. The third kappa shape index (κ3) is 4.62. The Morgan fingerprint density at radius 1 is 1.18 bits per heavy atom. The molecule has 1 saturated heterocycles. The van der Waals surface area contributed by atoms with Crippen molar-refractivity contribution in [3.05, 3.63) is 54.2 Å². The quantitative estimate of drug-likeness (QED) is 0.755. The molecule has 2 fully saturated rings. The number of methoxy groups -OCH3 is 1. The molecule has 1 aromatic heterocycles. The van der Waals surface area contributed by atoms with Gasteiger partial charge in [-0.1, -0.05) is 18.2 Å². The first-order valence-electron chi connectivity index (χ1n) is 10.2. The lowest BCUT2D eigenvalue weighted by Gasteiger charge is -2.30. The van der Waals surface area contributed by atoms with Crippen molar-refractivity contribution in [2.75, 3.05) is 44.7 Å². The van der Waals surface area contributed by atoms with Crippen LogP contribution in [0, 0.1) is 0 Å². The van der Waals surface area contributed by atoms with E-state index in [0.717, 1.165) is 50.6 Å². The highest BCUT2D eigenvalue weighted by atomic mass is 16.5. The van der Waals surface area contributed by atoms with Gasteiger partial charge in [-0.15, -0.1) is 0 Å². The maximum absolute atomic E-state index is 13.0. The van der Waals surface area contributed by atoms with Gasteiger partial charge in [0.2, 0.25) is 0 Å². The number of carbonyl (C=O) groups excluding carboxylic acids is 1. The highest BCUT2D eigenvalue weighted by Gasteiger charge is 2.35. The standard InChI is InChI=1S/C22H28N4O2/c1-28-20-9-5-18(6-10-20)16-26(19-7-8-19)22(27)17-24-12-14-25(15-13-24)21-4-2-3-11-23-21/h2-6,9-11,19H,7-8,12-17H2,1H3/p+2. The molecule has 1 aromatic carbocycles. The number of ether oxygens (including phenoxy) is 1. The topological polar surface area (TPSA) is 51.4 Å². The van der Waals surface area contributed by atoms with Crippen molar-refractivity contribution in [2.45, 2.75) is 25.4 Å². The van der Waals surface area contributed by atoms with E-state index in [0.29, 0.717) is 19.1 Å². The summed E-state index contributed by atoms with van der Waals surface area (Å²) in [6, 6.07) is 14.6. The Morgan fingerprint density at radius 3 is 2.54 bits per heavy atom. The number of aromatic nitrogens is 1. The molecule has 6 heteroatoms. The minimum absolute atomic E-state index is 0.285. The van der Waals surface area contributed by atoms with Crippen molar-refractivity contribution in [3.63, 3.8) is 0 Å². The average molecular weight is 383 g/mol. The molecule has 6 nitrogen and oxygen atoms in total. The first kappa shape index (κ1) is 18.7. The molecule has 1 saturated carbocycles. The number of anilines is 1. The van der Waals surface area contributed by atoms with E-state index in [2.05, 4.69) is 39.0 Å². The molecule has 1 aliphatic carbocycles. The van der Waals surface area contributed by atoms with E-state index >= 15 is 0 Å². The van der Waals surface area contributed by atoms with Gasteiger partial charge in [-0.2, -0.15) is 0 Å². The molecule has 28 heavy (non-hydrogen) atoms. The predicted molar refractivity (Wildman–Crippen MR) is 107 cm³/mol. The minimum atomic E-state index is 0.285. The normalized spacial score (nSPS) is 17.4. The molecule has 0 spiro atoms. The van der Waals surface area contributed by atoms with Crippen LogP contribution < -0.4 is 19.5 Å². The second kappa shape index (κ2) is 8.61. The molecule has 4 rings (SSSR count). The van der Waals surface area contributed by atoms with E-state index in [1.807, 2.05) is 24.4 Å². The van der Waals surface area contributed by atoms with Crippen LogP contribution in [0.5, 0.6) is 5.75 Å². The fourth-order valence-corrected chi connectivity index (χ4v) is 3.87. The van der Waals surface area contributed by atoms with E-state index < -0.39 is 0 Å². The van der Waals surface area contributed by atoms with Crippen molar-refractivity contribution >= 4 is 11.7 Å². The molecule has 0 atom stereocenters. The van der Waals surface area contributed by atoms with E-state index in [1.165, 1.54) is 10.5 Å². The zero-order chi connectivity index (χ0) is 19.3. The van der Waals surface area contributed by atoms with Crippen LogP contribution in [0.15, 0.2) is 48.7 Å². The fraction of sp³-hybridized carbons (Fsp3) is 0.455. The summed E-state index contributed by atoms with van der Waals surface area (Å²) in [7, 11) is 1.67. The van der Waals surface area contributed by atoms with Gasteiger partial charge in [0.05, 0.1) is 13.3 Å².